The highest BCUT2D eigenvalue weighted by Gasteiger charge is 2.37. The predicted octanol–water partition coefficient (Wildman–Crippen LogP) is 1.57. The molecule has 25 heavy (non-hydrogen) atoms. The number of hydrogen-bond acceptors (Lipinski definition) is 5. The molecule has 0 radical (unpaired) electrons. The molecule has 3 heterocycles. The van der Waals surface area contributed by atoms with E-state index in [1.807, 2.05) is 29.2 Å². The summed E-state index contributed by atoms with van der Waals surface area (Å²) in [6.45, 7) is 5.21. The molecule has 1 amide bonds. The van der Waals surface area contributed by atoms with Crippen molar-refractivity contribution in [2.75, 3.05) is 26.2 Å². The maximum absolute atomic E-state index is 12.8. The van der Waals surface area contributed by atoms with Crippen molar-refractivity contribution in [1.82, 2.24) is 15.8 Å². The smallest absolute Gasteiger partial charge is 0.267 e. The first-order valence-corrected chi connectivity index (χ1v) is 9.42. The summed E-state index contributed by atoms with van der Waals surface area (Å²) in [7, 11) is 0. The first-order valence-electron chi connectivity index (χ1n) is 9.42. The van der Waals surface area contributed by atoms with Crippen LogP contribution in [0.5, 0.6) is 11.5 Å². The van der Waals surface area contributed by atoms with E-state index in [9.17, 15) is 4.79 Å². The molecule has 6 heteroatoms. The van der Waals surface area contributed by atoms with Gasteiger partial charge >= 0.3 is 0 Å². The van der Waals surface area contributed by atoms with Gasteiger partial charge in [-0.1, -0.05) is 25.5 Å². The van der Waals surface area contributed by atoms with Crippen LogP contribution in [0, 0.1) is 11.8 Å². The molecular weight excluding hydrogens is 318 g/mol. The Morgan fingerprint density at radius 3 is 2.76 bits per heavy atom. The average molecular weight is 345 g/mol. The molecule has 3 atom stereocenters. The molecule has 0 spiro atoms. The van der Waals surface area contributed by atoms with Crippen LogP contribution in [0.3, 0.4) is 0 Å². The average Bonchev–Trinajstić information content (AvgIpc) is 3.16. The second-order valence-electron chi connectivity index (χ2n) is 7.25. The maximum Gasteiger partial charge on any atom is 0.267 e. The van der Waals surface area contributed by atoms with Gasteiger partial charge in [0.25, 0.3) is 5.91 Å². The molecule has 2 N–H and O–H groups in total. The second kappa shape index (κ2) is 7.22. The van der Waals surface area contributed by atoms with Gasteiger partial charge in [0, 0.05) is 25.7 Å². The Hall–Kier alpha value is -1.79. The number of para-hydroxylation sites is 2. The Morgan fingerprint density at radius 2 is 2.00 bits per heavy atom. The van der Waals surface area contributed by atoms with Gasteiger partial charge in [0.05, 0.1) is 0 Å². The third-order valence-electron chi connectivity index (χ3n) is 5.81. The van der Waals surface area contributed by atoms with Crippen molar-refractivity contribution in [3.63, 3.8) is 0 Å². The van der Waals surface area contributed by atoms with Crippen molar-refractivity contribution < 1.29 is 14.3 Å². The summed E-state index contributed by atoms with van der Waals surface area (Å²) < 4.78 is 11.6. The van der Waals surface area contributed by atoms with E-state index in [1.165, 1.54) is 6.42 Å². The summed E-state index contributed by atoms with van der Waals surface area (Å²) in [6, 6.07) is 8.06. The summed E-state index contributed by atoms with van der Waals surface area (Å²) in [5.74, 6) is 2.76. The normalized spacial score (nSPS) is 29.6. The van der Waals surface area contributed by atoms with Crippen molar-refractivity contribution >= 4 is 5.91 Å². The SMILES string of the molecule is CCC1CNNC1C1CCN(C(=O)C2COc3ccccc3O2)CC1. The zero-order valence-electron chi connectivity index (χ0n) is 14.7. The van der Waals surface area contributed by atoms with E-state index >= 15 is 0 Å². The summed E-state index contributed by atoms with van der Waals surface area (Å²) in [5, 5.41) is 0. The van der Waals surface area contributed by atoms with Crippen LogP contribution in [0.2, 0.25) is 0 Å². The molecule has 2 fully saturated rings. The number of ether oxygens (including phenoxy) is 2. The van der Waals surface area contributed by atoms with E-state index < -0.39 is 6.10 Å². The van der Waals surface area contributed by atoms with Crippen molar-refractivity contribution in [1.29, 1.82) is 0 Å². The summed E-state index contributed by atoms with van der Waals surface area (Å²) in [5.41, 5.74) is 6.75. The van der Waals surface area contributed by atoms with Crippen LogP contribution in [0.1, 0.15) is 26.2 Å². The standard InChI is InChI=1S/C19H27N3O3/c1-2-13-11-20-21-18(13)14-7-9-22(10-8-14)19(23)17-12-24-15-5-3-4-6-16(15)25-17/h3-6,13-14,17-18,20-21H,2,7-12H2,1H3. The van der Waals surface area contributed by atoms with E-state index in [0.717, 1.165) is 38.2 Å². The van der Waals surface area contributed by atoms with E-state index in [-0.39, 0.29) is 5.91 Å². The number of nitrogens with one attached hydrogen (secondary N) is 2. The number of benzene rings is 1. The quantitative estimate of drug-likeness (QED) is 0.871. The zero-order chi connectivity index (χ0) is 17.2. The van der Waals surface area contributed by atoms with Crippen LogP contribution in [0.25, 0.3) is 0 Å². The minimum Gasteiger partial charge on any atom is -0.485 e. The summed E-state index contributed by atoms with van der Waals surface area (Å²) >= 11 is 0. The molecule has 0 aromatic heterocycles. The fraction of sp³-hybridized carbons (Fsp3) is 0.632. The minimum atomic E-state index is -0.527. The Kier molecular flexibility index (Phi) is 4.81. The van der Waals surface area contributed by atoms with Gasteiger partial charge in [-0.05, 0) is 36.8 Å². The number of amides is 1. The van der Waals surface area contributed by atoms with Gasteiger partial charge in [0.15, 0.2) is 11.5 Å². The Labute approximate surface area is 148 Å². The lowest BCUT2D eigenvalue weighted by atomic mass is 9.82. The zero-order valence-corrected chi connectivity index (χ0v) is 14.7. The van der Waals surface area contributed by atoms with Crippen LogP contribution >= 0.6 is 0 Å². The molecule has 0 aliphatic carbocycles. The summed E-state index contributed by atoms with van der Waals surface area (Å²) in [4.78, 5) is 14.8. The van der Waals surface area contributed by atoms with E-state index in [2.05, 4.69) is 17.8 Å². The fourth-order valence-corrected chi connectivity index (χ4v) is 4.28. The van der Waals surface area contributed by atoms with Gasteiger partial charge in [0.1, 0.15) is 6.61 Å². The number of carbonyl (C=O) groups is 1. The number of hydrogen-bond donors (Lipinski definition) is 2. The number of hydrazine groups is 1. The topological polar surface area (TPSA) is 62.8 Å². The van der Waals surface area contributed by atoms with Crippen LogP contribution in [-0.4, -0.2) is 49.2 Å². The molecule has 6 nitrogen and oxygen atoms in total. The molecule has 3 unspecified atom stereocenters. The highest BCUT2D eigenvalue weighted by molar-refractivity contribution is 5.82. The molecule has 0 bridgehead atoms. The van der Waals surface area contributed by atoms with Gasteiger partial charge in [-0.2, -0.15) is 0 Å². The number of fused-ring (bicyclic) bond motifs is 1. The van der Waals surface area contributed by atoms with Gasteiger partial charge in [-0.3, -0.25) is 15.6 Å². The molecule has 3 aliphatic rings. The minimum absolute atomic E-state index is 0.0532. The van der Waals surface area contributed by atoms with Crippen molar-refractivity contribution in [2.45, 2.75) is 38.3 Å². The summed E-state index contributed by atoms with van der Waals surface area (Å²) in [6.07, 6.45) is 2.76. The first kappa shape index (κ1) is 16.7. The Balaban J connectivity index is 1.33. The van der Waals surface area contributed by atoms with Crippen LogP contribution in [0.15, 0.2) is 24.3 Å². The molecule has 1 aromatic rings. The predicted molar refractivity (Wildman–Crippen MR) is 94.4 cm³/mol. The third-order valence-corrected chi connectivity index (χ3v) is 5.81. The van der Waals surface area contributed by atoms with Gasteiger partial charge in [0.2, 0.25) is 6.10 Å². The van der Waals surface area contributed by atoms with Crippen LogP contribution in [-0.2, 0) is 4.79 Å². The van der Waals surface area contributed by atoms with Gasteiger partial charge < -0.3 is 14.4 Å². The maximum atomic E-state index is 12.8. The monoisotopic (exact) mass is 345 g/mol. The third kappa shape index (κ3) is 3.33. The lowest BCUT2D eigenvalue weighted by Gasteiger charge is -2.38. The van der Waals surface area contributed by atoms with Gasteiger partial charge in [-0.25, -0.2) is 0 Å². The largest absolute Gasteiger partial charge is 0.485 e. The van der Waals surface area contributed by atoms with Crippen molar-refractivity contribution in [3.8, 4) is 11.5 Å². The molecule has 2 saturated heterocycles. The lowest BCUT2D eigenvalue weighted by Crippen LogP contribution is -2.51. The molecule has 3 aliphatic heterocycles. The van der Waals surface area contributed by atoms with Crippen LogP contribution < -0.4 is 20.3 Å². The Morgan fingerprint density at radius 1 is 1.24 bits per heavy atom. The second-order valence-corrected chi connectivity index (χ2v) is 7.25. The first-order chi connectivity index (χ1) is 12.3. The lowest BCUT2D eigenvalue weighted by molar-refractivity contribution is -0.142. The van der Waals surface area contributed by atoms with Crippen LogP contribution in [0.4, 0.5) is 0 Å². The van der Waals surface area contributed by atoms with E-state index in [1.54, 1.807) is 0 Å². The molecule has 4 rings (SSSR count). The number of nitrogens with zero attached hydrogens (tertiary/aromatic N) is 1. The number of likely N-dealkylation sites (tertiary alicyclic amines) is 1. The molecule has 1 aromatic carbocycles. The van der Waals surface area contributed by atoms with E-state index in [4.69, 9.17) is 9.47 Å². The van der Waals surface area contributed by atoms with E-state index in [0.29, 0.717) is 30.2 Å². The van der Waals surface area contributed by atoms with Crippen molar-refractivity contribution in [3.05, 3.63) is 24.3 Å². The molecular formula is C19H27N3O3. The highest BCUT2D eigenvalue weighted by atomic mass is 16.6. The number of piperidine rings is 1. The Bertz CT molecular complexity index is 616. The highest BCUT2D eigenvalue weighted by Crippen LogP contribution is 2.32. The fourth-order valence-electron chi connectivity index (χ4n) is 4.28. The van der Waals surface area contributed by atoms with Gasteiger partial charge in [-0.15, -0.1) is 0 Å². The van der Waals surface area contributed by atoms with Crippen molar-refractivity contribution in [2.24, 2.45) is 11.8 Å². The molecule has 0 saturated carbocycles. The number of carbonyl (C=O) groups excluding carboxylic acids is 1. The number of rotatable bonds is 3. The molecule has 136 valence electrons.